The van der Waals surface area contributed by atoms with Gasteiger partial charge in [-0.3, -0.25) is 4.79 Å². The fourth-order valence-corrected chi connectivity index (χ4v) is 3.30. The Bertz CT molecular complexity index is 465. The van der Waals surface area contributed by atoms with E-state index in [-0.39, 0.29) is 16.7 Å². The van der Waals surface area contributed by atoms with Crippen LogP contribution in [0.2, 0.25) is 0 Å². The van der Waals surface area contributed by atoms with Crippen molar-refractivity contribution in [2.75, 3.05) is 5.32 Å². The Morgan fingerprint density at radius 2 is 1.79 bits per heavy atom. The molecule has 1 N–H and O–H groups in total. The van der Waals surface area contributed by atoms with Gasteiger partial charge in [-0.05, 0) is 56.1 Å². The highest BCUT2D eigenvalue weighted by Crippen LogP contribution is 2.49. The minimum absolute atomic E-state index is 0.241. The number of benzene rings is 1. The van der Waals surface area contributed by atoms with Crippen molar-refractivity contribution in [3.63, 3.8) is 0 Å². The zero-order chi connectivity index (χ0) is 13.4. The Balaban J connectivity index is 1.75. The van der Waals surface area contributed by atoms with Crippen LogP contribution in [0.1, 0.15) is 43.0 Å². The molecule has 0 aromatic heterocycles. The lowest BCUT2D eigenvalue weighted by Gasteiger charge is -2.18. The van der Waals surface area contributed by atoms with E-state index in [9.17, 15) is 4.79 Å². The average Bonchev–Trinajstić information content (AvgIpc) is 3.24. The van der Waals surface area contributed by atoms with E-state index < -0.39 is 0 Å². The summed E-state index contributed by atoms with van der Waals surface area (Å²) in [5.41, 5.74) is 2.12. The third-order valence-corrected chi connectivity index (χ3v) is 4.70. The summed E-state index contributed by atoms with van der Waals surface area (Å²) in [7, 11) is 0. The maximum absolute atomic E-state index is 12.5. The number of anilines is 1. The lowest BCUT2D eigenvalue weighted by Crippen LogP contribution is -2.26. The quantitative estimate of drug-likeness (QED) is 0.794. The van der Waals surface area contributed by atoms with E-state index in [1.807, 2.05) is 18.2 Å². The first kappa shape index (κ1) is 13.2. The third kappa shape index (κ3) is 3.02. The summed E-state index contributed by atoms with van der Waals surface area (Å²) < 4.78 is 0. The molecule has 2 saturated carbocycles. The van der Waals surface area contributed by atoms with Crippen LogP contribution in [0.3, 0.4) is 0 Å². The summed E-state index contributed by atoms with van der Waals surface area (Å²) in [6, 6.07) is 8.07. The minimum Gasteiger partial charge on any atom is -0.326 e. The van der Waals surface area contributed by atoms with Crippen molar-refractivity contribution in [2.24, 2.45) is 17.8 Å². The first-order valence-corrected chi connectivity index (χ1v) is 8.12. The van der Waals surface area contributed by atoms with Crippen molar-refractivity contribution in [1.82, 2.24) is 0 Å². The molecule has 0 spiro atoms. The Morgan fingerprint density at radius 1 is 1.21 bits per heavy atom. The molecule has 2 nitrogen and oxygen atoms in total. The van der Waals surface area contributed by atoms with Crippen LogP contribution in [-0.2, 0) is 4.79 Å². The fraction of sp³-hybridized carbons (Fsp3) is 0.562. The van der Waals surface area contributed by atoms with Gasteiger partial charge in [-0.15, -0.1) is 0 Å². The predicted octanol–water partition coefficient (Wildman–Crippen LogP) is 4.52. The van der Waals surface area contributed by atoms with Crippen molar-refractivity contribution in [2.45, 2.75) is 37.4 Å². The second kappa shape index (κ2) is 5.28. The van der Waals surface area contributed by atoms with Gasteiger partial charge in [-0.25, -0.2) is 0 Å². The number of amides is 1. The molecule has 1 aromatic carbocycles. The molecule has 2 fully saturated rings. The van der Waals surface area contributed by atoms with Gasteiger partial charge in [-0.2, -0.15) is 0 Å². The zero-order valence-electron chi connectivity index (χ0n) is 11.2. The highest BCUT2D eigenvalue weighted by atomic mass is 79.9. The number of hydrogen-bond donors (Lipinski definition) is 1. The predicted molar refractivity (Wildman–Crippen MR) is 81.4 cm³/mol. The number of halogens is 1. The first-order valence-electron chi connectivity index (χ1n) is 7.20. The number of rotatable bonds is 5. The molecular weight excluding hydrogens is 302 g/mol. The number of carbonyl (C=O) groups is 1. The molecular formula is C16H20BrNO. The van der Waals surface area contributed by atoms with Crippen LogP contribution in [0, 0.1) is 17.8 Å². The molecule has 0 aliphatic heterocycles. The number of carbonyl (C=O) groups excluding carboxylic acids is 1. The van der Waals surface area contributed by atoms with E-state index in [2.05, 4.69) is 34.2 Å². The Morgan fingerprint density at radius 3 is 2.32 bits per heavy atom. The third-order valence-electron chi connectivity index (χ3n) is 4.21. The molecule has 3 rings (SSSR count). The molecule has 0 heterocycles. The maximum Gasteiger partial charge on any atom is 0.228 e. The molecule has 1 amide bonds. The molecule has 0 bridgehead atoms. The highest BCUT2D eigenvalue weighted by molar-refractivity contribution is 9.09. The largest absolute Gasteiger partial charge is 0.326 e. The summed E-state index contributed by atoms with van der Waals surface area (Å²) in [5.74, 6) is 1.81. The summed E-state index contributed by atoms with van der Waals surface area (Å²) in [6.45, 7) is 2.09. The maximum atomic E-state index is 12.5. The summed E-state index contributed by atoms with van der Waals surface area (Å²) in [4.78, 5) is 12.8. The number of para-hydroxylation sites is 1. The van der Waals surface area contributed by atoms with Crippen molar-refractivity contribution in [3.05, 3.63) is 29.8 Å². The van der Waals surface area contributed by atoms with E-state index >= 15 is 0 Å². The van der Waals surface area contributed by atoms with E-state index in [0.717, 1.165) is 11.3 Å². The first-order chi connectivity index (χ1) is 9.16. The van der Waals surface area contributed by atoms with E-state index in [1.165, 1.54) is 25.7 Å². The summed E-state index contributed by atoms with van der Waals surface area (Å²) in [5, 5.41) is 3.17. The van der Waals surface area contributed by atoms with Gasteiger partial charge in [0.05, 0.1) is 0 Å². The van der Waals surface area contributed by atoms with Gasteiger partial charge < -0.3 is 5.32 Å². The minimum atomic E-state index is 0.241. The number of nitrogens with one attached hydrogen (secondary N) is 1. The van der Waals surface area contributed by atoms with E-state index in [0.29, 0.717) is 11.8 Å². The number of hydrogen-bond acceptors (Lipinski definition) is 1. The molecule has 2 aliphatic rings. The molecule has 102 valence electrons. The molecule has 1 aromatic rings. The standard InChI is InChI=1S/C16H20BrNO/c1-10(17)13-4-2-3-5-14(13)18-16(19)15(11-6-7-11)12-8-9-12/h2-5,10-12,15H,6-9H2,1H3,(H,18,19). The smallest absolute Gasteiger partial charge is 0.228 e. The van der Waals surface area contributed by atoms with Crippen LogP contribution in [0.15, 0.2) is 24.3 Å². The molecule has 2 aliphatic carbocycles. The average molecular weight is 322 g/mol. The molecule has 1 atom stereocenters. The van der Waals surface area contributed by atoms with Gasteiger partial charge in [0, 0.05) is 16.4 Å². The SMILES string of the molecule is CC(Br)c1ccccc1NC(=O)C(C1CC1)C1CC1. The van der Waals surface area contributed by atoms with Crippen molar-refractivity contribution in [3.8, 4) is 0 Å². The Labute approximate surface area is 123 Å². The Kier molecular flexibility index (Phi) is 3.66. The van der Waals surface area contributed by atoms with Gasteiger partial charge in [0.2, 0.25) is 5.91 Å². The van der Waals surface area contributed by atoms with Crippen molar-refractivity contribution in [1.29, 1.82) is 0 Å². The van der Waals surface area contributed by atoms with Crippen molar-refractivity contribution < 1.29 is 4.79 Å². The Hall–Kier alpha value is -0.830. The summed E-state index contributed by atoms with van der Waals surface area (Å²) in [6.07, 6.45) is 4.96. The fourth-order valence-electron chi connectivity index (χ4n) is 2.90. The van der Waals surface area contributed by atoms with Crippen LogP contribution >= 0.6 is 15.9 Å². The second-order valence-electron chi connectivity index (χ2n) is 5.89. The summed E-state index contributed by atoms with van der Waals surface area (Å²) >= 11 is 3.59. The normalized spacial score (nSPS) is 20.4. The van der Waals surface area contributed by atoms with E-state index in [1.54, 1.807) is 0 Å². The molecule has 0 saturated heterocycles. The molecule has 0 radical (unpaired) electrons. The second-order valence-corrected chi connectivity index (χ2v) is 7.27. The lowest BCUT2D eigenvalue weighted by atomic mass is 9.96. The van der Waals surface area contributed by atoms with Gasteiger partial charge in [-0.1, -0.05) is 34.1 Å². The van der Waals surface area contributed by atoms with Crippen LogP contribution in [0.25, 0.3) is 0 Å². The van der Waals surface area contributed by atoms with Gasteiger partial charge in [0.25, 0.3) is 0 Å². The van der Waals surface area contributed by atoms with Gasteiger partial charge in [0.1, 0.15) is 0 Å². The monoisotopic (exact) mass is 321 g/mol. The molecule has 19 heavy (non-hydrogen) atoms. The topological polar surface area (TPSA) is 29.1 Å². The number of alkyl halides is 1. The van der Waals surface area contributed by atoms with Crippen LogP contribution < -0.4 is 5.32 Å². The highest BCUT2D eigenvalue weighted by Gasteiger charge is 2.45. The molecule has 3 heteroatoms. The van der Waals surface area contributed by atoms with Crippen LogP contribution in [-0.4, -0.2) is 5.91 Å². The van der Waals surface area contributed by atoms with Crippen LogP contribution in [0.4, 0.5) is 5.69 Å². The van der Waals surface area contributed by atoms with Crippen LogP contribution in [0.5, 0.6) is 0 Å². The zero-order valence-corrected chi connectivity index (χ0v) is 12.8. The van der Waals surface area contributed by atoms with Gasteiger partial charge in [0.15, 0.2) is 0 Å². The molecule has 1 unspecified atom stereocenters. The van der Waals surface area contributed by atoms with E-state index in [4.69, 9.17) is 0 Å². The lowest BCUT2D eigenvalue weighted by molar-refractivity contribution is -0.121. The van der Waals surface area contributed by atoms with Gasteiger partial charge >= 0.3 is 0 Å². The van der Waals surface area contributed by atoms with Crippen molar-refractivity contribution >= 4 is 27.5 Å².